The van der Waals surface area contributed by atoms with Crippen molar-refractivity contribution >= 4 is 101 Å². The average molecular weight is 1360 g/mol. The Morgan fingerprint density at radius 1 is 0.547 bits per heavy atom. The van der Waals surface area contributed by atoms with Gasteiger partial charge in [-0.2, -0.15) is 0 Å². The smallest absolute Gasteiger partial charge is 0.870 e. The van der Waals surface area contributed by atoms with Crippen LogP contribution in [0.3, 0.4) is 0 Å². The fourth-order valence-electron chi connectivity index (χ4n) is 10.6. The zero-order valence-electron chi connectivity index (χ0n) is 49.9. The van der Waals surface area contributed by atoms with Crippen molar-refractivity contribution in [3.8, 4) is 0 Å². The van der Waals surface area contributed by atoms with Gasteiger partial charge in [-0.3, -0.25) is 19.5 Å². The molecule has 3 aliphatic heterocycles. The molecule has 0 unspecified atom stereocenters. The number of carbonyl (C=O) groups excluding carboxylic acids is 5. The van der Waals surface area contributed by atoms with Crippen LogP contribution in [0.1, 0.15) is 95.1 Å². The maximum absolute atomic E-state index is 12.0. The number of ether oxygens (including phenoxy) is 7. The zero-order valence-corrected chi connectivity index (χ0v) is 57.0. The number of aromatic nitrogens is 2. The number of methoxy groups -OCH3 is 3. The summed E-state index contributed by atoms with van der Waals surface area (Å²) in [5.74, 6) is 0.444. The number of rotatable bonds is 14. The van der Waals surface area contributed by atoms with Crippen molar-refractivity contribution in [2.45, 2.75) is 58.0 Å². The molecule has 22 heteroatoms. The third-order valence-electron chi connectivity index (χ3n) is 15.3. The van der Waals surface area contributed by atoms with Crippen molar-refractivity contribution in [2.75, 3.05) is 132 Å². The number of hydrogen-bond acceptors (Lipinski definition) is 16. The first-order chi connectivity index (χ1) is 40.8. The number of esters is 4. The fraction of sp³-hybridized carbons (Fsp3) is 0.453. The van der Waals surface area contributed by atoms with Crippen LogP contribution < -0.4 is 51.4 Å². The quantitative estimate of drug-likeness (QED) is 0.0475. The normalized spacial score (nSPS) is 16.3. The maximum atomic E-state index is 12.0. The van der Waals surface area contributed by atoms with E-state index in [1.807, 2.05) is 67.6 Å². The van der Waals surface area contributed by atoms with Gasteiger partial charge in [-0.1, -0.05) is 28.1 Å². The molecule has 4 fully saturated rings. The number of benzene rings is 4. The van der Waals surface area contributed by atoms with Gasteiger partial charge in [0.1, 0.15) is 5.78 Å². The Balaban J connectivity index is 0.000000178. The number of alkyl halides is 1. The Labute approximate surface area is 568 Å². The van der Waals surface area contributed by atoms with Crippen molar-refractivity contribution in [1.29, 1.82) is 0 Å². The molecule has 0 radical (unpaired) electrons. The summed E-state index contributed by atoms with van der Waals surface area (Å²) in [5.41, 5.74) is 10.4. The predicted molar refractivity (Wildman–Crippen MR) is 334 cm³/mol. The van der Waals surface area contributed by atoms with Crippen LogP contribution in [0.2, 0.25) is 0 Å². The topological polar surface area (TPSA) is 200 Å². The summed E-state index contributed by atoms with van der Waals surface area (Å²) < 4.78 is 42.0. The molecule has 0 atom stereocenters. The molecule has 1 saturated carbocycles. The predicted octanol–water partition coefficient (Wildman–Crippen LogP) is 6.84. The zero-order chi connectivity index (χ0) is 59.5. The van der Waals surface area contributed by atoms with Crippen LogP contribution >= 0.6 is 43.5 Å². The van der Waals surface area contributed by atoms with E-state index in [0.29, 0.717) is 47.6 Å². The van der Waals surface area contributed by atoms with Gasteiger partial charge in [0.15, 0.2) is 0 Å². The second-order valence-corrected chi connectivity index (χ2v) is 23.2. The summed E-state index contributed by atoms with van der Waals surface area (Å²) in [6.45, 7) is 18.4. The fourth-order valence-corrected chi connectivity index (χ4v) is 12.0. The first-order valence-corrected chi connectivity index (χ1v) is 30.8. The molecule has 5 heterocycles. The second-order valence-electron chi connectivity index (χ2n) is 21.0. The molecule has 3 saturated heterocycles. The molecule has 458 valence electrons. The van der Waals surface area contributed by atoms with Gasteiger partial charge >= 0.3 is 75.3 Å². The number of Topliss-reactive ketones (excluding diaryl/α,β-unsaturated/α-hetero) is 1. The Morgan fingerprint density at radius 3 is 1.52 bits per heavy atom. The molecule has 0 bridgehead atoms. The number of hydrogen-bond donors (Lipinski definition) is 0. The van der Waals surface area contributed by atoms with E-state index in [9.17, 15) is 24.0 Å². The largest absolute Gasteiger partial charge is 1.00 e. The standard InChI is InChI=1S/C20H26N2O3.C16H19BrN2O3.C11H9BrO2.C11H10O3.C6H12ClNO.K.H2O/c1-2-25-20(23)16-5-6-18-17(13-16)14-19(15-3-4-15)22(18)8-7-21-9-11-24-12-10-21;1-21-16(20)12-2-3-14-13(10-12)11-15(17)19(14)5-4-18-6-8-22-9-7-18;2*1-14-11(13)8-3-2-7-5-10(12)6-9(7)4-8;7-1-2-8-3-5-9-6-4-8;;/h5-6,13-15H,2-4,7-12H2,1H3;2-3,10-11H,4-9H2,1H3;2-4,6H,5H2,1H3;2-4H,5-6H2,1H3;1-6H2;;1H2/q;;;;;+1;/p-1. The molecule has 4 aromatic carbocycles. The van der Waals surface area contributed by atoms with Crippen LogP contribution in [0, 0.1) is 0 Å². The van der Waals surface area contributed by atoms with Crippen molar-refractivity contribution in [3.63, 3.8) is 0 Å². The second kappa shape index (κ2) is 35.9. The van der Waals surface area contributed by atoms with E-state index in [4.69, 9.17) is 35.3 Å². The monoisotopic (exact) mass is 1360 g/mol. The number of allylic oxidation sites excluding steroid dienone is 1. The number of ketones is 1. The van der Waals surface area contributed by atoms with Crippen LogP contribution in [0.5, 0.6) is 0 Å². The molecule has 1 N–H and O–H groups in total. The molecule has 3 aliphatic carbocycles. The Hall–Kier alpha value is -4.14. The minimum atomic E-state index is -0.354. The van der Waals surface area contributed by atoms with Crippen molar-refractivity contribution in [1.82, 2.24) is 23.8 Å². The minimum Gasteiger partial charge on any atom is -0.870 e. The molecule has 0 spiro atoms. The SMILES string of the molecule is CCOC(=O)c1ccc2c(c1)cc(C1CC1)n2CCN1CCOCC1.COC(=O)c1ccc2c(c1)C=C(Br)C2.COC(=O)c1ccc2c(c1)CC(=O)C2.COC(=O)c1ccc2c(c1)cc(Br)n2CCN1CCOCC1.ClCCN1CCOCC1.[K+].[OH-]. The van der Waals surface area contributed by atoms with E-state index in [1.54, 1.807) is 18.2 Å². The van der Waals surface area contributed by atoms with Gasteiger partial charge in [0.2, 0.25) is 0 Å². The molecule has 6 aromatic rings. The van der Waals surface area contributed by atoms with Crippen LogP contribution in [0.25, 0.3) is 27.9 Å². The summed E-state index contributed by atoms with van der Waals surface area (Å²) in [6.07, 6.45) is 6.44. The van der Waals surface area contributed by atoms with Crippen LogP contribution in [-0.2, 0) is 70.3 Å². The molecule has 2 aromatic heterocycles. The number of carbonyl (C=O) groups is 5. The van der Waals surface area contributed by atoms with E-state index < -0.39 is 0 Å². The summed E-state index contributed by atoms with van der Waals surface area (Å²) in [4.78, 5) is 64.4. The minimum absolute atomic E-state index is 0. The van der Waals surface area contributed by atoms with E-state index >= 15 is 0 Å². The maximum Gasteiger partial charge on any atom is 1.00 e. The Kier molecular flexibility index (Phi) is 29.6. The third-order valence-corrected chi connectivity index (χ3v) is 16.7. The summed E-state index contributed by atoms with van der Waals surface area (Å²) in [6, 6.07) is 26.8. The van der Waals surface area contributed by atoms with Gasteiger partial charge in [-0.25, -0.2) is 19.2 Å². The molecule has 6 aliphatic rings. The molecule has 18 nitrogen and oxygen atoms in total. The molecular formula is C64H77Br2ClKN5O13. The van der Waals surface area contributed by atoms with E-state index in [-0.39, 0.29) is 86.5 Å². The number of fused-ring (bicyclic) bond motifs is 4. The van der Waals surface area contributed by atoms with Gasteiger partial charge in [0.25, 0.3) is 0 Å². The first kappa shape index (κ1) is 70.9. The number of morpholine rings is 3. The van der Waals surface area contributed by atoms with Crippen LogP contribution in [0.15, 0.2) is 94.0 Å². The van der Waals surface area contributed by atoms with Crippen LogP contribution in [-0.4, -0.2) is 191 Å². The molecular weight excluding hydrogens is 1280 g/mol. The van der Waals surface area contributed by atoms with E-state index in [0.717, 1.165) is 166 Å². The Morgan fingerprint density at radius 2 is 1.00 bits per heavy atom. The van der Waals surface area contributed by atoms with Gasteiger partial charge < -0.3 is 47.8 Å². The van der Waals surface area contributed by atoms with Gasteiger partial charge in [-0.05, 0) is 143 Å². The summed E-state index contributed by atoms with van der Waals surface area (Å²) in [5, 5.41) is 2.19. The van der Waals surface area contributed by atoms with Gasteiger partial charge in [0, 0.05) is 129 Å². The number of halogens is 3. The Bertz CT molecular complexity index is 3270. The molecule has 0 amide bonds. The van der Waals surface area contributed by atoms with Gasteiger partial charge in [-0.15, -0.1) is 11.6 Å². The molecule has 86 heavy (non-hydrogen) atoms. The van der Waals surface area contributed by atoms with Crippen LogP contribution in [0.4, 0.5) is 0 Å². The van der Waals surface area contributed by atoms with E-state index in [2.05, 4.69) is 77.3 Å². The van der Waals surface area contributed by atoms with E-state index in [1.165, 1.54) is 50.9 Å². The van der Waals surface area contributed by atoms with Crippen molar-refractivity contribution in [2.24, 2.45) is 0 Å². The van der Waals surface area contributed by atoms with Crippen molar-refractivity contribution < 1.29 is 114 Å². The van der Waals surface area contributed by atoms with Gasteiger partial charge in [0.05, 0.1) is 94.4 Å². The van der Waals surface area contributed by atoms with Crippen molar-refractivity contribution in [3.05, 3.63) is 144 Å². The summed E-state index contributed by atoms with van der Waals surface area (Å²) >= 11 is 12.6. The first-order valence-electron chi connectivity index (χ1n) is 28.7. The summed E-state index contributed by atoms with van der Waals surface area (Å²) in [7, 11) is 4.14. The molecule has 12 rings (SSSR count). The third kappa shape index (κ3) is 20.2. The number of nitrogens with zero attached hydrogens (tertiary/aromatic N) is 5. The average Bonchev–Trinajstić information content (AvgIpc) is 2.05.